The van der Waals surface area contributed by atoms with E-state index < -0.39 is 11.8 Å². The predicted octanol–water partition coefficient (Wildman–Crippen LogP) is 1.49. The largest absolute Gasteiger partial charge is 0.504 e. The number of oxime groups is 1. The van der Waals surface area contributed by atoms with Crippen LogP contribution in [0.4, 0.5) is 4.79 Å². The Hall–Kier alpha value is -2.44. The molecule has 3 N–H and O–H groups in total. The minimum atomic E-state index is -0.924. The van der Waals surface area contributed by atoms with Gasteiger partial charge < -0.3 is 20.0 Å². The first-order valence-corrected chi connectivity index (χ1v) is 6.63. The summed E-state index contributed by atoms with van der Waals surface area (Å²) < 4.78 is 5.13. The van der Waals surface area contributed by atoms with Gasteiger partial charge >= 0.3 is 6.03 Å². The van der Waals surface area contributed by atoms with E-state index in [2.05, 4.69) is 15.8 Å². The molecule has 0 aromatic heterocycles. The Bertz CT molecular complexity index is 631. The molecule has 7 heteroatoms. The quantitative estimate of drug-likeness (QED) is 0.770. The van der Waals surface area contributed by atoms with Gasteiger partial charge in [0.2, 0.25) is 5.72 Å². The highest BCUT2D eigenvalue weighted by atomic mass is 16.7. The number of benzene rings is 1. The molecule has 1 fully saturated rings. The lowest BCUT2D eigenvalue weighted by atomic mass is 9.81. The molecule has 112 valence electrons. The number of carbonyl (C=O) groups is 1. The Kier molecular flexibility index (Phi) is 2.93. The predicted molar refractivity (Wildman–Crippen MR) is 75.2 cm³/mol. The van der Waals surface area contributed by atoms with E-state index in [1.165, 1.54) is 7.11 Å². The molecular formula is C14H17N3O4. The van der Waals surface area contributed by atoms with Crippen molar-refractivity contribution in [2.24, 2.45) is 11.1 Å². The lowest BCUT2D eigenvalue weighted by Gasteiger charge is -2.40. The van der Waals surface area contributed by atoms with Gasteiger partial charge in [0.05, 0.1) is 24.8 Å². The molecule has 21 heavy (non-hydrogen) atoms. The highest BCUT2D eigenvalue weighted by Gasteiger charge is 2.53. The number of nitrogens with zero attached hydrogens (tertiary/aromatic N) is 1. The third kappa shape index (κ3) is 1.96. The van der Waals surface area contributed by atoms with Gasteiger partial charge in [0.1, 0.15) is 0 Å². The Labute approximate surface area is 121 Å². The summed E-state index contributed by atoms with van der Waals surface area (Å²) in [6.07, 6.45) is 0. The molecule has 3 atom stereocenters. The zero-order valence-corrected chi connectivity index (χ0v) is 12.0. The first kappa shape index (κ1) is 13.5. The van der Waals surface area contributed by atoms with Gasteiger partial charge in [-0.3, -0.25) is 5.32 Å². The number of nitrogens with one attached hydrogen (secondary N) is 2. The van der Waals surface area contributed by atoms with E-state index in [9.17, 15) is 9.90 Å². The molecule has 0 aliphatic carbocycles. The number of rotatable bonds is 2. The maximum absolute atomic E-state index is 11.9. The molecule has 1 unspecified atom stereocenters. The Morgan fingerprint density at radius 2 is 2.24 bits per heavy atom. The van der Waals surface area contributed by atoms with Crippen molar-refractivity contribution < 1.29 is 19.5 Å². The zero-order valence-electron chi connectivity index (χ0n) is 12.0. The van der Waals surface area contributed by atoms with Gasteiger partial charge in [0, 0.05) is 5.56 Å². The van der Waals surface area contributed by atoms with Crippen molar-refractivity contribution in [3.05, 3.63) is 23.8 Å². The Morgan fingerprint density at radius 1 is 1.48 bits per heavy atom. The molecule has 2 heterocycles. The van der Waals surface area contributed by atoms with E-state index in [0.717, 1.165) is 5.71 Å². The fourth-order valence-electron chi connectivity index (χ4n) is 3.04. The first-order chi connectivity index (χ1) is 9.96. The normalized spacial score (nSPS) is 30.6. The number of hydrogen-bond donors (Lipinski definition) is 3. The number of urea groups is 1. The monoisotopic (exact) mass is 291 g/mol. The minimum absolute atomic E-state index is 0.00856. The number of phenolic OH excluding ortho intramolecular Hbond substituents is 1. The summed E-state index contributed by atoms with van der Waals surface area (Å²) in [6, 6.07) is 4.35. The number of methoxy groups -OCH3 is 1. The summed E-state index contributed by atoms with van der Waals surface area (Å²) in [5.74, 6) is 0.137. The van der Waals surface area contributed by atoms with Gasteiger partial charge in [-0.15, -0.1) is 0 Å². The van der Waals surface area contributed by atoms with Gasteiger partial charge in [0.15, 0.2) is 11.5 Å². The van der Waals surface area contributed by atoms with Crippen LogP contribution in [0.25, 0.3) is 0 Å². The maximum Gasteiger partial charge on any atom is 0.318 e. The standard InChI is InChI=1S/C14H17N3O4/c1-7-10-11(8-5-4-6-9(20-3)12(8)18)15-13(19)16-14(10,2)21-17-7/h4-6,10-11,18H,1-3H3,(H2,15,16,19)/t10-,11+,14?/m0/s1. The molecule has 0 radical (unpaired) electrons. The summed E-state index contributed by atoms with van der Waals surface area (Å²) >= 11 is 0. The molecule has 3 rings (SSSR count). The smallest absolute Gasteiger partial charge is 0.318 e. The van der Waals surface area contributed by atoms with Crippen LogP contribution in [-0.2, 0) is 4.84 Å². The minimum Gasteiger partial charge on any atom is -0.504 e. The SMILES string of the molecule is COc1cccc([C@H]2NC(=O)NC3(C)ON=C(C)[C@@H]23)c1O. The molecule has 2 aliphatic rings. The second kappa shape index (κ2) is 4.54. The first-order valence-electron chi connectivity index (χ1n) is 6.63. The van der Waals surface area contributed by atoms with Crippen LogP contribution in [0.2, 0.25) is 0 Å². The molecule has 1 aromatic rings. The molecule has 0 saturated carbocycles. The second-order valence-electron chi connectivity index (χ2n) is 5.38. The lowest BCUT2D eigenvalue weighted by Crippen LogP contribution is -2.63. The fraction of sp³-hybridized carbons (Fsp3) is 0.429. The van der Waals surface area contributed by atoms with Gasteiger partial charge in [-0.25, -0.2) is 4.79 Å². The van der Waals surface area contributed by atoms with Crippen LogP contribution in [0.5, 0.6) is 11.5 Å². The van der Waals surface area contributed by atoms with Crippen molar-refractivity contribution in [1.29, 1.82) is 0 Å². The van der Waals surface area contributed by atoms with Crippen LogP contribution in [0.1, 0.15) is 25.5 Å². The van der Waals surface area contributed by atoms with E-state index in [0.29, 0.717) is 11.3 Å². The van der Waals surface area contributed by atoms with Crippen LogP contribution in [-0.4, -0.2) is 29.7 Å². The van der Waals surface area contributed by atoms with Crippen molar-refractivity contribution >= 4 is 11.7 Å². The topological polar surface area (TPSA) is 92.2 Å². The molecule has 0 spiro atoms. The van der Waals surface area contributed by atoms with E-state index in [-0.39, 0.29) is 17.7 Å². The fourth-order valence-corrected chi connectivity index (χ4v) is 3.04. The Balaban J connectivity index is 2.08. The molecule has 1 aromatic carbocycles. The van der Waals surface area contributed by atoms with E-state index >= 15 is 0 Å². The van der Waals surface area contributed by atoms with Crippen LogP contribution < -0.4 is 15.4 Å². The average Bonchev–Trinajstić information content (AvgIpc) is 2.73. The molecule has 2 aliphatic heterocycles. The van der Waals surface area contributed by atoms with E-state index in [4.69, 9.17) is 9.57 Å². The third-order valence-electron chi connectivity index (χ3n) is 3.99. The highest BCUT2D eigenvalue weighted by molar-refractivity contribution is 5.90. The van der Waals surface area contributed by atoms with Crippen LogP contribution in [0, 0.1) is 5.92 Å². The number of hydrogen-bond acceptors (Lipinski definition) is 5. The van der Waals surface area contributed by atoms with Crippen LogP contribution >= 0.6 is 0 Å². The zero-order chi connectivity index (χ0) is 15.2. The number of ether oxygens (including phenoxy) is 1. The third-order valence-corrected chi connectivity index (χ3v) is 3.99. The molecule has 7 nitrogen and oxygen atoms in total. The molecular weight excluding hydrogens is 274 g/mol. The van der Waals surface area contributed by atoms with E-state index in [1.54, 1.807) is 25.1 Å². The summed E-state index contributed by atoms with van der Waals surface area (Å²) in [6.45, 7) is 3.60. The van der Waals surface area contributed by atoms with Crippen molar-refractivity contribution in [3.63, 3.8) is 0 Å². The molecule has 0 bridgehead atoms. The molecule has 2 amide bonds. The summed E-state index contributed by atoms with van der Waals surface area (Å²) in [5, 5.41) is 19.9. The van der Waals surface area contributed by atoms with Crippen LogP contribution in [0.15, 0.2) is 23.4 Å². The van der Waals surface area contributed by atoms with Crippen molar-refractivity contribution in [2.75, 3.05) is 7.11 Å². The summed E-state index contributed by atoms with van der Waals surface area (Å²) in [7, 11) is 1.48. The number of carbonyl (C=O) groups excluding carboxylic acids is 1. The summed E-state index contributed by atoms with van der Waals surface area (Å²) in [4.78, 5) is 17.3. The Morgan fingerprint density at radius 3 is 2.95 bits per heavy atom. The number of aromatic hydroxyl groups is 1. The number of fused-ring (bicyclic) bond motifs is 1. The van der Waals surface area contributed by atoms with Crippen molar-refractivity contribution in [1.82, 2.24) is 10.6 Å². The lowest BCUT2D eigenvalue weighted by molar-refractivity contribution is -0.0636. The maximum atomic E-state index is 11.9. The van der Waals surface area contributed by atoms with Gasteiger partial charge in [-0.1, -0.05) is 17.3 Å². The van der Waals surface area contributed by atoms with Gasteiger partial charge in [-0.2, -0.15) is 0 Å². The number of para-hydroxylation sites is 1. The van der Waals surface area contributed by atoms with Gasteiger partial charge in [0.25, 0.3) is 0 Å². The average molecular weight is 291 g/mol. The highest BCUT2D eigenvalue weighted by Crippen LogP contribution is 2.44. The molecule has 1 saturated heterocycles. The second-order valence-corrected chi connectivity index (χ2v) is 5.38. The number of amides is 2. The van der Waals surface area contributed by atoms with Crippen LogP contribution in [0.3, 0.4) is 0 Å². The number of phenols is 1. The van der Waals surface area contributed by atoms with E-state index in [1.807, 2.05) is 6.92 Å². The van der Waals surface area contributed by atoms with Crippen molar-refractivity contribution in [2.45, 2.75) is 25.6 Å². The summed E-state index contributed by atoms with van der Waals surface area (Å²) in [5.41, 5.74) is 0.393. The van der Waals surface area contributed by atoms with Crippen molar-refractivity contribution in [3.8, 4) is 11.5 Å². The van der Waals surface area contributed by atoms with Gasteiger partial charge in [-0.05, 0) is 19.9 Å².